The van der Waals surface area contributed by atoms with Gasteiger partial charge in [0.05, 0.1) is 22.0 Å². The first-order valence-corrected chi connectivity index (χ1v) is 8.69. The molecule has 0 spiro atoms. The molecule has 0 unspecified atom stereocenters. The molecular weight excluding hydrogens is 328 g/mol. The number of nitrogens with zero attached hydrogens (tertiary/aromatic N) is 4. The molecule has 0 aliphatic heterocycles. The van der Waals surface area contributed by atoms with E-state index in [0.717, 1.165) is 20.9 Å². The molecule has 2 aromatic heterocycles. The SMILES string of the molecule is N#CCN(C(=O)CSc1ncnc2ccsc12)c1ccccc1. The maximum Gasteiger partial charge on any atom is 0.238 e. The normalized spacial score (nSPS) is 10.4. The van der Waals surface area contributed by atoms with Crippen LogP contribution in [0.4, 0.5) is 5.69 Å². The third-order valence-electron chi connectivity index (χ3n) is 3.14. The minimum absolute atomic E-state index is 0.0294. The van der Waals surface area contributed by atoms with Crippen LogP contribution in [0, 0.1) is 11.3 Å². The Balaban J connectivity index is 1.75. The Bertz CT molecular complexity index is 857. The van der Waals surface area contributed by atoms with Crippen LogP contribution in [-0.4, -0.2) is 28.2 Å². The highest BCUT2D eigenvalue weighted by atomic mass is 32.2. The Hall–Kier alpha value is -2.43. The molecule has 0 atom stereocenters. The van der Waals surface area contributed by atoms with E-state index in [1.165, 1.54) is 23.0 Å². The van der Waals surface area contributed by atoms with Crippen LogP contribution in [0.5, 0.6) is 0 Å². The Morgan fingerprint density at radius 3 is 2.87 bits per heavy atom. The summed E-state index contributed by atoms with van der Waals surface area (Å²) in [7, 11) is 0. The molecule has 1 amide bonds. The summed E-state index contributed by atoms with van der Waals surface area (Å²) in [5.41, 5.74) is 1.61. The van der Waals surface area contributed by atoms with Gasteiger partial charge in [0.1, 0.15) is 17.9 Å². The first-order chi connectivity index (χ1) is 11.3. The zero-order valence-corrected chi connectivity index (χ0v) is 13.7. The maximum absolute atomic E-state index is 12.5. The number of hydrogen-bond acceptors (Lipinski definition) is 6. The third kappa shape index (κ3) is 3.50. The second kappa shape index (κ2) is 7.22. The molecule has 3 aromatic rings. The van der Waals surface area contributed by atoms with Gasteiger partial charge in [0.15, 0.2) is 0 Å². The molecular formula is C16H12N4OS2. The molecule has 0 aliphatic carbocycles. The summed E-state index contributed by atoms with van der Waals surface area (Å²) < 4.78 is 0.983. The lowest BCUT2D eigenvalue weighted by atomic mass is 10.3. The van der Waals surface area contributed by atoms with E-state index in [2.05, 4.69) is 9.97 Å². The topological polar surface area (TPSA) is 69.9 Å². The second-order valence-corrected chi connectivity index (χ2v) is 6.46. The predicted octanol–water partition coefficient (Wildman–Crippen LogP) is 3.34. The Morgan fingerprint density at radius 1 is 1.26 bits per heavy atom. The highest BCUT2D eigenvalue weighted by Crippen LogP contribution is 2.29. The number of hydrogen-bond donors (Lipinski definition) is 0. The van der Waals surface area contributed by atoms with E-state index in [1.54, 1.807) is 11.3 Å². The van der Waals surface area contributed by atoms with Crippen molar-refractivity contribution in [2.45, 2.75) is 5.03 Å². The van der Waals surface area contributed by atoms with Crippen LogP contribution >= 0.6 is 23.1 Å². The number of thioether (sulfide) groups is 1. The van der Waals surface area contributed by atoms with Gasteiger partial charge in [0.2, 0.25) is 5.91 Å². The van der Waals surface area contributed by atoms with Crippen molar-refractivity contribution in [2.24, 2.45) is 0 Å². The smallest absolute Gasteiger partial charge is 0.238 e. The summed E-state index contributed by atoms with van der Waals surface area (Å²) >= 11 is 2.93. The minimum atomic E-state index is -0.119. The quantitative estimate of drug-likeness (QED) is 0.405. The molecule has 0 saturated heterocycles. The van der Waals surface area contributed by atoms with Gasteiger partial charge in [-0.1, -0.05) is 30.0 Å². The first kappa shape index (κ1) is 15.5. The number of anilines is 1. The Morgan fingerprint density at radius 2 is 2.09 bits per heavy atom. The minimum Gasteiger partial charge on any atom is -0.298 e. The van der Waals surface area contributed by atoms with Gasteiger partial charge in [0.25, 0.3) is 0 Å². The molecule has 23 heavy (non-hydrogen) atoms. The van der Waals surface area contributed by atoms with E-state index in [-0.39, 0.29) is 18.2 Å². The van der Waals surface area contributed by atoms with E-state index in [0.29, 0.717) is 0 Å². The summed E-state index contributed by atoms with van der Waals surface area (Å²) in [5.74, 6) is 0.103. The van der Waals surface area contributed by atoms with Crippen molar-refractivity contribution >= 4 is 44.9 Å². The van der Waals surface area contributed by atoms with E-state index in [9.17, 15) is 4.79 Å². The van der Waals surface area contributed by atoms with Crippen LogP contribution in [-0.2, 0) is 4.79 Å². The molecule has 7 heteroatoms. The van der Waals surface area contributed by atoms with Gasteiger partial charge in [-0.3, -0.25) is 9.69 Å². The number of benzene rings is 1. The number of rotatable bonds is 5. The highest BCUT2D eigenvalue weighted by Gasteiger charge is 2.16. The average Bonchev–Trinajstić information content (AvgIpc) is 3.07. The lowest BCUT2D eigenvalue weighted by Crippen LogP contribution is -2.32. The largest absolute Gasteiger partial charge is 0.298 e. The molecule has 0 aliphatic rings. The summed E-state index contributed by atoms with van der Waals surface area (Å²) in [6.45, 7) is 0.0294. The van der Waals surface area contributed by atoms with Crippen LogP contribution in [0.1, 0.15) is 0 Å². The molecule has 5 nitrogen and oxygen atoms in total. The average molecular weight is 340 g/mol. The number of nitriles is 1. The van der Waals surface area contributed by atoms with Crippen LogP contribution in [0.25, 0.3) is 10.2 Å². The number of carbonyl (C=O) groups excluding carboxylic acids is 1. The summed E-state index contributed by atoms with van der Waals surface area (Å²) in [5, 5.41) is 11.7. The van der Waals surface area contributed by atoms with Crippen LogP contribution < -0.4 is 4.90 Å². The zero-order valence-electron chi connectivity index (χ0n) is 12.0. The van der Waals surface area contributed by atoms with Crippen molar-refractivity contribution in [1.82, 2.24) is 9.97 Å². The summed E-state index contributed by atoms with van der Waals surface area (Å²) in [6, 6.07) is 13.2. The number of amides is 1. The molecule has 3 rings (SSSR count). The van der Waals surface area contributed by atoms with E-state index < -0.39 is 0 Å². The second-order valence-electron chi connectivity index (χ2n) is 4.58. The van der Waals surface area contributed by atoms with Gasteiger partial charge in [0, 0.05) is 5.69 Å². The number of carbonyl (C=O) groups is 1. The van der Waals surface area contributed by atoms with Crippen molar-refractivity contribution in [3.63, 3.8) is 0 Å². The zero-order chi connectivity index (χ0) is 16.1. The van der Waals surface area contributed by atoms with E-state index in [4.69, 9.17) is 5.26 Å². The molecule has 0 saturated carbocycles. The van der Waals surface area contributed by atoms with Crippen LogP contribution in [0.15, 0.2) is 53.1 Å². The molecule has 0 fully saturated rings. The van der Waals surface area contributed by atoms with Gasteiger partial charge >= 0.3 is 0 Å². The monoisotopic (exact) mass is 340 g/mol. The standard InChI is InChI=1S/C16H12N4OS2/c17-7-8-20(12-4-2-1-3-5-12)14(21)10-23-16-15-13(6-9-22-15)18-11-19-16/h1-6,9,11H,8,10H2. The molecule has 0 radical (unpaired) electrons. The number of fused-ring (bicyclic) bond motifs is 1. The van der Waals surface area contributed by atoms with Gasteiger partial charge in [-0.2, -0.15) is 5.26 Å². The molecule has 0 N–H and O–H groups in total. The summed E-state index contributed by atoms with van der Waals surface area (Å²) in [6.07, 6.45) is 1.51. The van der Waals surface area contributed by atoms with E-state index in [1.807, 2.05) is 47.8 Å². The van der Waals surface area contributed by atoms with Crippen molar-refractivity contribution in [2.75, 3.05) is 17.2 Å². The lowest BCUT2D eigenvalue weighted by molar-refractivity contribution is -0.116. The predicted molar refractivity (Wildman–Crippen MR) is 92.5 cm³/mol. The fourth-order valence-electron chi connectivity index (χ4n) is 2.08. The molecule has 0 bridgehead atoms. The highest BCUT2D eigenvalue weighted by molar-refractivity contribution is 8.00. The van der Waals surface area contributed by atoms with Gasteiger partial charge < -0.3 is 0 Å². The van der Waals surface area contributed by atoms with Crippen LogP contribution in [0.3, 0.4) is 0 Å². The molecule has 2 heterocycles. The van der Waals surface area contributed by atoms with Crippen molar-refractivity contribution in [3.8, 4) is 6.07 Å². The fourth-order valence-corrected chi connectivity index (χ4v) is 3.90. The fraction of sp³-hybridized carbons (Fsp3) is 0.125. The number of para-hydroxylation sites is 1. The lowest BCUT2D eigenvalue weighted by Gasteiger charge is -2.19. The number of aromatic nitrogens is 2. The third-order valence-corrected chi connectivity index (χ3v) is 5.15. The van der Waals surface area contributed by atoms with Gasteiger partial charge in [-0.25, -0.2) is 9.97 Å². The Labute approximate surface area is 141 Å². The van der Waals surface area contributed by atoms with Crippen molar-refractivity contribution in [1.29, 1.82) is 5.26 Å². The van der Waals surface area contributed by atoms with Gasteiger partial charge in [-0.05, 0) is 23.6 Å². The maximum atomic E-state index is 12.5. The van der Waals surface area contributed by atoms with Crippen molar-refractivity contribution < 1.29 is 4.79 Å². The first-order valence-electron chi connectivity index (χ1n) is 6.83. The van der Waals surface area contributed by atoms with Crippen LogP contribution in [0.2, 0.25) is 0 Å². The number of thiophene rings is 1. The van der Waals surface area contributed by atoms with Gasteiger partial charge in [-0.15, -0.1) is 11.3 Å². The Kier molecular flexibility index (Phi) is 4.86. The van der Waals surface area contributed by atoms with E-state index >= 15 is 0 Å². The summed E-state index contributed by atoms with van der Waals surface area (Å²) in [4.78, 5) is 22.4. The molecule has 1 aromatic carbocycles. The van der Waals surface area contributed by atoms with Crippen molar-refractivity contribution in [3.05, 3.63) is 48.1 Å². The molecule has 114 valence electrons.